The zero-order valence-electron chi connectivity index (χ0n) is 16.9. The molecule has 0 bridgehead atoms. The lowest BCUT2D eigenvalue weighted by Gasteiger charge is -2.13. The van der Waals surface area contributed by atoms with Crippen molar-refractivity contribution in [2.45, 2.75) is 13.3 Å². The molecule has 150 valence electrons. The summed E-state index contributed by atoms with van der Waals surface area (Å²) in [6.45, 7) is 1.83. The van der Waals surface area contributed by atoms with E-state index in [2.05, 4.69) is 0 Å². The highest BCUT2D eigenvalue weighted by molar-refractivity contribution is 5.79. The summed E-state index contributed by atoms with van der Waals surface area (Å²) < 4.78 is 27.0. The van der Waals surface area contributed by atoms with Crippen LogP contribution in [0.1, 0.15) is 24.5 Å². The van der Waals surface area contributed by atoms with Gasteiger partial charge in [-0.15, -0.1) is 0 Å². The fourth-order valence-electron chi connectivity index (χ4n) is 2.56. The highest BCUT2D eigenvalue weighted by atomic mass is 16.5. The van der Waals surface area contributed by atoms with E-state index in [9.17, 15) is 4.79 Å². The zero-order chi connectivity index (χ0) is 20.5. The molecule has 0 heterocycles. The van der Waals surface area contributed by atoms with E-state index in [0.29, 0.717) is 35.2 Å². The summed E-state index contributed by atoms with van der Waals surface area (Å²) in [6.07, 6.45) is 4.28. The molecular formula is C22H26O6. The Labute approximate surface area is 165 Å². The Bertz CT molecular complexity index is 816. The minimum Gasteiger partial charge on any atom is -0.493 e. The smallest absolute Gasteiger partial charge is 0.203 e. The molecule has 0 fully saturated rings. The Hall–Kier alpha value is -3.15. The predicted molar refractivity (Wildman–Crippen MR) is 109 cm³/mol. The van der Waals surface area contributed by atoms with Crippen LogP contribution in [0.3, 0.4) is 0 Å². The number of ketones is 1. The largest absolute Gasteiger partial charge is 0.493 e. The molecule has 0 atom stereocenters. The molecule has 0 saturated heterocycles. The van der Waals surface area contributed by atoms with Crippen LogP contribution in [0, 0.1) is 0 Å². The maximum Gasteiger partial charge on any atom is 0.203 e. The molecule has 0 aliphatic rings. The highest BCUT2D eigenvalue weighted by Crippen LogP contribution is 2.38. The number of Topliss-reactive ketones (excluding diaryl/α,β-unsaturated/α-hetero) is 1. The average molecular weight is 386 g/mol. The second kappa shape index (κ2) is 10.3. The lowest BCUT2D eigenvalue weighted by molar-refractivity contribution is -0.120. The van der Waals surface area contributed by atoms with E-state index in [4.69, 9.17) is 23.7 Å². The normalized spacial score (nSPS) is 10.6. The van der Waals surface area contributed by atoms with Crippen molar-refractivity contribution in [2.24, 2.45) is 0 Å². The number of methoxy groups -OCH3 is 4. The summed E-state index contributed by atoms with van der Waals surface area (Å²) in [6, 6.07) is 9.26. The summed E-state index contributed by atoms with van der Waals surface area (Å²) in [7, 11) is 6.29. The van der Waals surface area contributed by atoms with Gasteiger partial charge in [0, 0.05) is 6.42 Å². The monoisotopic (exact) mass is 386 g/mol. The van der Waals surface area contributed by atoms with Crippen molar-refractivity contribution in [3.8, 4) is 28.7 Å². The first-order valence-corrected chi connectivity index (χ1v) is 8.86. The van der Waals surface area contributed by atoms with Crippen molar-refractivity contribution in [1.82, 2.24) is 0 Å². The van der Waals surface area contributed by atoms with Crippen LogP contribution in [0.4, 0.5) is 0 Å². The third kappa shape index (κ3) is 5.19. The second-order valence-corrected chi connectivity index (χ2v) is 5.88. The van der Waals surface area contributed by atoms with Gasteiger partial charge in [0.05, 0.1) is 28.4 Å². The minimum atomic E-state index is 0.0207. The van der Waals surface area contributed by atoms with Gasteiger partial charge in [0.2, 0.25) is 5.75 Å². The van der Waals surface area contributed by atoms with Crippen LogP contribution in [-0.4, -0.2) is 40.8 Å². The third-order valence-electron chi connectivity index (χ3n) is 4.13. The maximum absolute atomic E-state index is 11.5. The van der Waals surface area contributed by atoms with Crippen molar-refractivity contribution >= 4 is 17.9 Å². The first kappa shape index (κ1) is 21.2. The van der Waals surface area contributed by atoms with Crippen LogP contribution in [0.25, 0.3) is 12.2 Å². The summed E-state index contributed by atoms with van der Waals surface area (Å²) in [4.78, 5) is 11.5. The van der Waals surface area contributed by atoms with Crippen molar-refractivity contribution in [3.05, 3.63) is 41.5 Å². The fraction of sp³-hybridized carbons (Fsp3) is 0.318. The summed E-state index contributed by atoms with van der Waals surface area (Å²) in [5.41, 5.74) is 1.78. The quantitative estimate of drug-likeness (QED) is 0.569. The molecule has 2 rings (SSSR count). The first-order valence-electron chi connectivity index (χ1n) is 8.86. The van der Waals surface area contributed by atoms with Crippen molar-refractivity contribution < 1.29 is 28.5 Å². The van der Waals surface area contributed by atoms with E-state index < -0.39 is 0 Å². The van der Waals surface area contributed by atoms with E-state index in [1.807, 2.05) is 36.4 Å². The lowest BCUT2D eigenvalue weighted by atomic mass is 10.1. The fourth-order valence-corrected chi connectivity index (χ4v) is 2.56. The van der Waals surface area contributed by atoms with Crippen LogP contribution in [-0.2, 0) is 4.79 Å². The SMILES string of the molecule is CCC(=O)COc1cc(/C=C\c2cc(OC)c(OC)c(OC)c2)ccc1OC. The first-order chi connectivity index (χ1) is 13.6. The van der Waals surface area contributed by atoms with Gasteiger partial charge in [0.15, 0.2) is 28.8 Å². The molecule has 0 saturated carbocycles. The zero-order valence-corrected chi connectivity index (χ0v) is 16.9. The van der Waals surface area contributed by atoms with Crippen molar-refractivity contribution in [2.75, 3.05) is 35.0 Å². The van der Waals surface area contributed by atoms with Crippen LogP contribution < -0.4 is 23.7 Å². The van der Waals surface area contributed by atoms with E-state index in [0.717, 1.165) is 11.1 Å². The molecule has 2 aromatic rings. The average Bonchev–Trinajstić information content (AvgIpc) is 2.74. The Morgan fingerprint density at radius 1 is 0.786 bits per heavy atom. The predicted octanol–water partition coefficient (Wildman–Crippen LogP) is 4.25. The molecular weight excluding hydrogens is 360 g/mol. The Kier molecular flexibility index (Phi) is 7.75. The summed E-state index contributed by atoms with van der Waals surface area (Å²) in [5.74, 6) is 2.84. The number of rotatable bonds is 10. The van der Waals surface area contributed by atoms with E-state index in [1.54, 1.807) is 41.4 Å². The Balaban J connectivity index is 2.29. The topological polar surface area (TPSA) is 63.2 Å². The molecule has 2 aromatic carbocycles. The molecule has 0 spiro atoms. The molecule has 6 heteroatoms. The van der Waals surface area contributed by atoms with Gasteiger partial charge in [0.25, 0.3) is 0 Å². The molecule has 0 radical (unpaired) electrons. The second-order valence-electron chi connectivity index (χ2n) is 5.88. The molecule has 28 heavy (non-hydrogen) atoms. The summed E-state index contributed by atoms with van der Waals surface area (Å²) in [5, 5.41) is 0. The number of carbonyl (C=O) groups excluding carboxylic acids is 1. The van der Waals surface area contributed by atoms with E-state index in [-0.39, 0.29) is 12.4 Å². The maximum atomic E-state index is 11.5. The van der Waals surface area contributed by atoms with Gasteiger partial charge in [-0.2, -0.15) is 0 Å². The van der Waals surface area contributed by atoms with Gasteiger partial charge in [-0.25, -0.2) is 0 Å². The molecule has 6 nitrogen and oxygen atoms in total. The number of ether oxygens (including phenoxy) is 5. The molecule has 0 amide bonds. The Morgan fingerprint density at radius 3 is 1.89 bits per heavy atom. The van der Waals surface area contributed by atoms with Gasteiger partial charge in [0.1, 0.15) is 6.61 Å². The van der Waals surface area contributed by atoms with E-state index >= 15 is 0 Å². The van der Waals surface area contributed by atoms with Gasteiger partial charge in [-0.3, -0.25) is 4.79 Å². The minimum absolute atomic E-state index is 0.0207. The number of benzene rings is 2. The number of hydrogen-bond donors (Lipinski definition) is 0. The highest BCUT2D eigenvalue weighted by Gasteiger charge is 2.12. The van der Waals surface area contributed by atoms with Crippen LogP contribution in [0.15, 0.2) is 30.3 Å². The van der Waals surface area contributed by atoms with E-state index in [1.165, 1.54) is 0 Å². The molecule has 0 aliphatic heterocycles. The third-order valence-corrected chi connectivity index (χ3v) is 4.13. The summed E-state index contributed by atoms with van der Waals surface area (Å²) >= 11 is 0. The van der Waals surface area contributed by atoms with Crippen molar-refractivity contribution in [3.63, 3.8) is 0 Å². The standard InChI is InChI=1S/C22H26O6/c1-6-17(23)14-28-19-11-15(9-10-18(19)24-2)7-8-16-12-20(25-3)22(27-5)21(13-16)26-4/h7-13H,6,14H2,1-5H3/b8-7-. The van der Waals surface area contributed by atoms with Crippen LogP contribution >= 0.6 is 0 Å². The Morgan fingerprint density at radius 2 is 1.36 bits per heavy atom. The van der Waals surface area contributed by atoms with Gasteiger partial charge in [-0.1, -0.05) is 25.1 Å². The number of hydrogen-bond acceptors (Lipinski definition) is 6. The van der Waals surface area contributed by atoms with Crippen molar-refractivity contribution in [1.29, 1.82) is 0 Å². The molecule has 0 N–H and O–H groups in total. The molecule has 0 aromatic heterocycles. The lowest BCUT2D eigenvalue weighted by Crippen LogP contribution is -2.10. The van der Waals surface area contributed by atoms with Gasteiger partial charge >= 0.3 is 0 Å². The number of carbonyl (C=O) groups is 1. The van der Waals surface area contributed by atoms with Crippen LogP contribution in [0.2, 0.25) is 0 Å². The molecule has 0 aliphatic carbocycles. The van der Waals surface area contributed by atoms with Crippen LogP contribution in [0.5, 0.6) is 28.7 Å². The van der Waals surface area contributed by atoms with Gasteiger partial charge < -0.3 is 23.7 Å². The molecule has 0 unspecified atom stereocenters. The van der Waals surface area contributed by atoms with Gasteiger partial charge in [-0.05, 0) is 35.4 Å².